The van der Waals surface area contributed by atoms with Gasteiger partial charge in [-0.1, -0.05) is 18.2 Å². The van der Waals surface area contributed by atoms with E-state index in [-0.39, 0.29) is 5.91 Å². The van der Waals surface area contributed by atoms with Crippen molar-refractivity contribution < 1.29 is 14.3 Å². The van der Waals surface area contributed by atoms with Crippen LogP contribution in [-0.4, -0.2) is 36.2 Å². The van der Waals surface area contributed by atoms with Crippen molar-refractivity contribution in [1.29, 1.82) is 0 Å². The normalized spacial score (nSPS) is 16.1. The number of piperidine rings is 1. The Bertz CT molecular complexity index is 897. The topological polar surface area (TPSA) is 65.7 Å². The summed E-state index contributed by atoms with van der Waals surface area (Å²) in [5.41, 5.74) is 0.482. The number of hydrogen-bond acceptors (Lipinski definition) is 5. The van der Waals surface area contributed by atoms with Crippen molar-refractivity contribution in [2.24, 2.45) is 0 Å². The number of amides is 1. The predicted octanol–water partition coefficient (Wildman–Crippen LogP) is 4.16. The van der Waals surface area contributed by atoms with Gasteiger partial charge in [-0.3, -0.25) is 4.79 Å². The molecule has 0 unspecified atom stereocenters. The Morgan fingerprint density at radius 2 is 1.89 bits per heavy atom. The second-order valence-corrected chi connectivity index (χ2v) is 8.28. The summed E-state index contributed by atoms with van der Waals surface area (Å²) >= 11 is 1.41. The molecular formula is C22H24N2O3S. The lowest BCUT2D eigenvalue weighted by Crippen LogP contribution is -2.46. The van der Waals surface area contributed by atoms with Crippen molar-refractivity contribution in [2.75, 3.05) is 24.5 Å². The number of thiophene rings is 1. The largest absolute Gasteiger partial charge is 0.464 e. The van der Waals surface area contributed by atoms with Crippen LogP contribution >= 0.6 is 11.3 Å². The van der Waals surface area contributed by atoms with Gasteiger partial charge in [0.15, 0.2) is 0 Å². The predicted molar refractivity (Wildman–Crippen MR) is 112 cm³/mol. The molecule has 1 aromatic carbocycles. The van der Waals surface area contributed by atoms with Gasteiger partial charge in [0.1, 0.15) is 5.76 Å². The van der Waals surface area contributed by atoms with Crippen molar-refractivity contribution in [3.8, 4) is 10.6 Å². The molecule has 0 aliphatic carbocycles. The number of para-hydroxylation sites is 1. The lowest BCUT2D eigenvalue weighted by Gasteiger charge is -2.39. The second kappa shape index (κ2) is 8.20. The standard InChI is InChI=1S/C22H24N2O3S/c25-21(20-9-8-19(28-20)18-7-4-16-27-18)23-13-10-22(26)11-14-24(15-12-22)17-5-2-1-3-6-17/h1-9,16,26H,10-15H2,(H,23,25). The van der Waals surface area contributed by atoms with Crippen molar-refractivity contribution in [2.45, 2.75) is 24.9 Å². The smallest absolute Gasteiger partial charge is 0.261 e. The monoisotopic (exact) mass is 396 g/mol. The fourth-order valence-electron chi connectivity index (χ4n) is 3.58. The molecule has 0 atom stereocenters. The van der Waals surface area contributed by atoms with Crippen molar-refractivity contribution in [3.63, 3.8) is 0 Å². The number of furan rings is 1. The molecule has 3 heterocycles. The van der Waals surface area contributed by atoms with E-state index in [1.54, 1.807) is 6.26 Å². The molecule has 1 saturated heterocycles. The molecule has 5 nitrogen and oxygen atoms in total. The number of anilines is 1. The average Bonchev–Trinajstić information content (AvgIpc) is 3.41. The summed E-state index contributed by atoms with van der Waals surface area (Å²) < 4.78 is 5.37. The molecule has 146 valence electrons. The molecular weight excluding hydrogens is 372 g/mol. The van der Waals surface area contributed by atoms with Gasteiger partial charge in [-0.05, 0) is 55.7 Å². The minimum atomic E-state index is -0.715. The third kappa shape index (κ3) is 4.29. The minimum absolute atomic E-state index is 0.104. The second-order valence-electron chi connectivity index (χ2n) is 7.19. The number of rotatable bonds is 6. The lowest BCUT2D eigenvalue weighted by atomic mass is 9.88. The number of aliphatic hydroxyl groups is 1. The third-order valence-electron chi connectivity index (χ3n) is 5.29. The number of benzene rings is 1. The highest BCUT2D eigenvalue weighted by atomic mass is 32.1. The summed E-state index contributed by atoms with van der Waals surface area (Å²) in [4.78, 5) is 16.3. The van der Waals surface area contributed by atoms with Crippen LogP contribution in [0.4, 0.5) is 5.69 Å². The number of carbonyl (C=O) groups excluding carboxylic acids is 1. The molecule has 1 fully saturated rings. The van der Waals surface area contributed by atoms with Gasteiger partial charge in [0.25, 0.3) is 5.91 Å². The molecule has 0 spiro atoms. The van der Waals surface area contributed by atoms with Crippen LogP contribution in [-0.2, 0) is 0 Å². The van der Waals surface area contributed by atoms with Gasteiger partial charge in [-0.25, -0.2) is 0 Å². The van der Waals surface area contributed by atoms with Gasteiger partial charge >= 0.3 is 0 Å². The molecule has 6 heteroatoms. The fourth-order valence-corrected chi connectivity index (χ4v) is 4.47. The molecule has 0 radical (unpaired) electrons. The van der Waals surface area contributed by atoms with E-state index in [4.69, 9.17) is 4.42 Å². The summed E-state index contributed by atoms with van der Waals surface area (Å²) in [5.74, 6) is 0.664. The van der Waals surface area contributed by atoms with Crippen LogP contribution in [0.2, 0.25) is 0 Å². The van der Waals surface area contributed by atoms with E-state index >= 15 is 0 Å². The Morgan fingerprint density at radius 1 is 1.11 bits per heavy atom. The Balaban J connectivity index is 1.25. The van der Waals surface area contributed by atoms with E-state index in [2.05, 4.69) is 22.3 Å². The van der Waals surface area contributed by atoms with E-state index in [0.717, 1.165) is 23.7 Å². The van der Waals surface area contributed by atoms with Gasteiger partial charge in [0, 0.05) is 25.3 Å². The first kappa shape index (κ1) is 18.8. The van der Waals surface area contributed by atoms with E-state index in [9.17, 15) is 9.90 Å². The number of hydrogen-bond donors (Lipinski definition) is 2. The van der Waals surface area contributed by atoms with Crippen LogP contribution in [0.25, 0.3) is 10.6 Å². The maximum atomic E-state index is 12.4. The van der Waals surface area contributed by atoms with Gasteiger partial charge in [-0.15, -0.1) is 11.3 Å². The molecule has 0 bridgehead atoms. The van der Waals surface area contributed by atoms with E-state index in [0.29, 0.717) is 30.7 Å². The molecule has 28 heavy (non-hydrogen) atoms. The van der Waals surface area contributed by atoms with Crippen LogP contribution in [0.15, 0.2) is 65.3 Å². The molecule has 2 aromatic heterocycles. The molecule has 2 N–H and O–H groups in total. The Hall–Kier alpha value is -2.57. The summed E-state index contributed by atoms with van der Waals surface area (Å²) in [6.45, 7) is 2.12. The lowest BCUT2D eigenvalue weighted by molar-refractivity contribution is 0.00869. The zero-order valence-corrected chi connectivity index (χ0v) is 16.5. The maximum absolute atomic E-state index is 12.4. The molecule has 1 aliphatic heterocycles. The first-order chi connectivity index (χ1) is 13.6. The van der Waals surface area contributed by atoms with E-state index in [1.165, 1.54) is 17.0 Å². The number of carbonyl (C=O) groups is 1. The zero-order valence-electron chi connectivity index (χ0n) is 15.6. The first-order valence-corrected chi connectivity index (χ1v) is 10.4. The average molecular weight is 397 g/mol. The molecule has 4 rings (SSSR count). The Labute approximate surface area is 168 Å². The van der Waals surface area contributed by atoms with E-state index in [1.807, 2.05) is 42.5 Å². The molecule has 1 aliphatic rings. The van der Waals surface area contributed by atoms with Gasteiger partial charge in [0.05, 0.1) is 21.6 Å². The van der Waals surface area contributed by atoms with Crippen LogP contribution in [0.5, 0.6) is 0 Å². The van der Waals surface area contributed by atoms with Gasteiger partial charge < -0.3 is 19.7 Å². The number of nitrogens with one attached hydrogen (secondary N) is 1. The summed E-state index contributed by atoms with van der Waals surface area (Å²) in [6.07, 6.45) is 3.61. The molecule has 1 amide bonds. The van der Waals surface area contributed by atoms with Gasteiger partial charge in [-0.2, -0.15) is 0 Å². The molecule has 0 saturated carbocycles. The Kier molecular flexibility index (Phi) is 5.50. The summed E-state index contributed by atoms with van der Waals surface area (Å²) in [7, 11) is 0. The SMILES string of the molecule is O=C(NCCC1(O)CCN(c2ccccc2)CC1)c1ccc(-c2ccco2)s1. The maximum Gasteiger partial charge on any atom is 0.261 e. The van der Waals surface area contributed by atoms with Crippen LogP contribution < -0.4 is 10.2 Å². The highest BCUT2D eigenvalue weighted by Crippen LogP contribution is 2.30. The van der Waals surface area contributed by atoms with Crippen LogP contribution in [0.1, 0.15) is 28.9 Å². The highest BCUT2D eigenvalue weighted by Gasteiger charge is 2.32. The first-order valence-electron chi connectivity index (χ1n) is 9.57. The summed E-state index contributed by atoms with van der Waals surface area (Å²) in [6, 6.07) is 17.7. The highest BCUT2D eigenvalue weighted by molar-refractivity contribution is 7.17. The quantitative estimate of drug-likeness (QED) is 0.657. The summed E-state index contributed by atoms with van der Waals surface area (Å²) in [5, 5.41) is 13.8. The molecule has 3 aromatic rings. The Morgan fingerprint density at radius 3 is 2.61 bits per heavy atom. The third-order valence-corrected chi connectivity index (χ3v) is 6.38. The fraction of sp³-hybridized carbons (Fsp3) is 0.318. The van der Waals surface area contributed by atoms with Crippen molar-refractivity contribution in [3.05, 3.63) is 65.7 Å². The van der Waals surface area contributed by atoms with Crippen LogP contribution in [0.3, 0.4) is 0 Å². The number of nitrogens with zero attached hydrogens (tertiary/aromatic N) is 1. The van der Waals surface area contributed by atoms with Crippen LogP contribution in [0, 0.1) is 0 Å². The van der Waals surface area contributed by atoms with Crippen molar-refractivity contribution >= 4 is 22.9 Å². The van der Waals surface area contributed by atoms with E-state index < -0.39 is 5.60 Å². The minimum Gasteiger partial charge on any atom is -0.464 e. The van der Waals surface area contributed by atoms with Gasteiger partial charge in [0.2, 0.25) is 0 Å². The zero-order chi connectivity index (χ0) is 19.4. The van der Waals surface area contributed by atoms with Crippen molar-refractivity contribution in [1.82, 2.24) is 5.32 Å².